The second kappa shape index (κ2) is 69.1. The van der Waals surface area contributed by atoms with Crippen LogP contribution in [0.25, 0.3) is 0 Å². The highest BCUT2D eigenvalue weighted by Crippen LogP contribution is 2.45. The van der Waals surface area contributed by atoms with E-state index in [1.807, 2.05) is 0 Å². The van der Waals surface area contributed by atoms with Crippen molar-refractivity contribution >= 4 is 39.5 Å². The zero-order chi connectivity index (χ0) is 73.1. The highest BCUT2D eigenvalue weighted by molar-refractivity contribution is 7.47. The first-order valence-corrected chi connectivity index (χ1v) is 44.2. The molecular formula is C80H156O17P2. The summed E-state index contributed by atoms with van der Waals surface area (Å²) >= 11 is 0. The van der Waals surface area contributed by atoms with E-state index in [2.05, 4.69) is 55.4 Å². The smallest absolute Gasteiger partial charge is 0.462 e. The fraction of sp³-hybridized carbons (Fsp3) is 0.950. The van der Waals surface area contributed by atoms with E-state index in [1.165, 1.54) is 205 Å². The van der Waals surface area contributed by atoms with Crippen molar-refractivity contribution in [1.29, 1.82) is 0 Å². The Hall–Kier alpha value is -1.94. The molecule has 17 nitrogen and oxygen atoms in total. The summed E-state index contributed by atoms with van der Waals surface area (Å²) in [7, 11) is -9.92. The summed E-state index contributed by atoms with van der Waals surface area (Å²) in [5.74, 6) is 0.965. The van der Waals surface area contributed by atoms with Crippen LogP contribution in [0.1, 0.15) is 409 Å². The van der Waals surface area contributed by atoms with E-state index in [0.717, 1.165) is 120 Å². The molecule has 0 aliphatic heterocycles. The normalized spacial score (nSPS) is 14.3. The Morgan fingerprint density at radius 2 is 0.485 bits per heavy atom. The van der Waals surface area contributed by atoms with Crippen molar-refractivity contribution in [3.8, 4) is 0 Å². The van der Waals surface area contributed by atoms with Crippen LogP contribution in [0, 0.1) is 23.7 Å². The van der Waals surface area contributed by atoms with Crippen molar-refractivity contribution in [3.63, 3.8) is 0 Å². The number of aliphatic hydroxyl groups is 1. The molecular weight excluding hydrogens is 1290 g/mol. The number of carbonyl (C=O) groups excluding carboxylic acids is 4. The molecule has 0 radical (unpaired) electrons. The molecule has 3 unspecified atom stereocenters. The monoisotopic (exact) mass is 1450 g/mol. The second-order valence-corrected chi connectivity index (χ2v) is 33.4. The fourth-order valence-corrected chi connectivity index (χ4v) is 13.8. The minimum atomic E-state index is -4.96. The number of hydrogen-bond donors (Lipinski definition) is 3. The number of ether oxygens (including phenoxy) is 4. The Morgan fingerprint density at radius 1 is 0.283 bits per heavy atom. The minimum absolute atomic E-state index is 0.105. The molecule has 0 aliphatic carbocycles. The van der Waals surface area contributed by atoms with Gasteiger partial charge in [-0.2, -0.15) is 0 Å². The van der Waals surface area contributed by atoms with Gasteiger partial charge in [0.2, 0.25) is 0 Å². The van der Waals surface area contributed by atoms with Gasteiger partial charge in [0.25, 0.3) is 0 Å². The zero-order valence-electron chi connectivity index (χ0n) is 65.1. The van der Waals surface area contributed by atoms with Crippen LogP contribution in [0.4, 0.5) is 0 Å². The van der Waals surface area contributed by atoms with Gasteiger partial charge < -0.3 is 33.8 Å². The summed E-state index contributed by atoms with van der Waals surface area (Å²) < 4.78 is 68.6. The lowest BCUT2D eigenvalue weighted by molar-refractivity contribution is -0.161. The summed E-state index contributed by atoms with van der Waals surface area (Å²) in [6, 6.07) is 0. The molecule has 3 N–H and O–H groups in total. The zero-order valence-corrected chi connectivity index (χ0v) is 66.9. The van der Waals surface area contributed by atoms with Gasteiger partial charge in [-0.05, 0) is 49.4 Å². The Labute approximate surface area is 607 Å². The average molecular weight is 1450 g/mol. The second-order valence-electron chi connectivity index (χ2n) is 30.5. The number of hydrogen-bond acceptors (Lipinski definition) is 15. The SMILES string of the molecule is CCC(C)CCCCCCCCC(=O)OC[C@H](COP(=O)(O)OC[C@H](O)COP(=O)(O)OC[C@@H](COC(=O)CCCCCCCCCCCCCCCCCCC(C)C)OC(=O)CCCCCCCCCCCC(C)C)OC(=O)CCCCCCCCCCCCCCCCCC(C)C. The van der Waals surface area contributed by atoms with Crippen LogP contribution in [0.3, 0.4) is 0 Å². The quantitative estimate of drug-likeness (QED) is 0.0222. The maximum absolute atomic E-state index is 13.1. The molecule has 588 valence electrons. The summed E-state index contributed by atoms with van der Waals surface area (Å²) in [6.07, 6.45) is 55.6. The fourth-order valence-electron chi connectivity index (χ4n) is 12.2. The van der Waals surface area contributed by atoms with Crippen LogP contribution in [0.5, 0.6) is 0 Å². The molecule has 0 fully saturated rings. The Balaban J connectivity index is 5.20. The van der Waals surface area contributed by atoms with Crippen LogP contribution in [-0.4, -0.2) is 96.7 Å². The summed E-state index contributed by atoms with van der Waals surface area (Å²) in [4.78, 5) is 73.0. The molecule has 0 aromatic rings. The summed E-state index contributed by atoms with van der Waals surface area (Å²) in [6.45, 7) is 14.2. The highest BCUT2D eigenvalue weighted by Gasteiger charge is 2.30. The molecule has 0 amide bonds. The Bertz CT molecular complexity index is 1940. The molecule has 0 aromatic heterocycles. The lowest BCUT2D eigenvalue weighted by atomic mass is 10.00. The summed E-state index contributed by atoms with van der Waals surface area (Å²) in [5, 5.41) is 10.6. The molecule has 0 aromatic carbocycles. The molecule has 0 aliphatic rings. The van der Waals surface area contributed by atoms with E-state index in [9.17, 15) is 43.2 Å². The maximum Gasteiger partial charge on any atom is 0.472 e. The van der Waals surface area contributed by atoms with E-state index < -0.39 is 97.5 Å². The third-order valence-corrected chi connectivity index (χ3v) is 20.8. The predicted molar refractivity (Wildman–Crippen MR) is 404 cm³/mol. The number of esters is 4. The van der Waals surface area contributed by atoms with Crippen molar-refractivity contribution < 1.29 is 80.2 Å². The third kappa shape index (κ3) is 72.8. The lowest BCUT2D eigenvalue weighted by Gasteiger charge is -2.21. The first-order chi connectivity index (χ1) is 47.6. The average Bonchev–Trinajstić information content (AvgIpc) is 0.959. The predicted octanol–water partition coefficient (Wildman–Crippen LogP) is 23.6. The van der Waals surface area contributed by atoms with Crippen LogP contribution in [-0.2, 0) is 65.4 Å². The van der Waals surface area contributed by atoms with Gasteiger partial charge in [-0.1, -0.05) is 357 Å². The van der Waals surface area contributed by atoms with Crippen molar-refractivity contribution in [3.05, 3.63) is 0 Å². The van der Waals surface area contributed by atoms with E-state index in [0.29, 0.717) is 25.7 Å². The van der Waals surface area contributed by atoms with Gasteiger partial charge in [0, 0.05) is 25.7 Å². The van der Waals surface area contributed by atoms with Gasteiger partial charge in [0.05, 0.1) is 26.4 Å². The lowest BCUT2D eigenvalue weighted by Crippen LogP contribution is -2.30. The Kier molecular flexibility index (Phi) is 67.8. The third-order valence-electron chi connectivity index (χ3n) is 18.9. The topological polar surface area (TPSA) is 237 Å². The number of rotatable bonds is 77. The van der Waals surface area contributed by atoms with Crippen molar-refractivity contribution in [2.75, 3.05) is 39.6 Å². The van der Waals surface area contributed by atoms with Gasteiger partial charge in [0.15, 0.2) is 12.2 Å². The van der Waals surface area contributed by atoms with Crippen LogP contribution >= 0.6 is 15.6 Å². The van der Waals surface area contributed by atoms with E-state index >= 15 is 0 Å². The molecule has 99 heavy (non-hydrogen) atoms. The van der Waals surface area contributed by atoms with Crippen molar-refractivity contribution in [2.45, 2.75) is 427 Å². The molecule has 0 heterocycles. The molecule has 0 spiro atoms. The first-order valence-electron chi connectivity index (χ1n) is 41.2. The minimum Gasteiger partial charge on any atom is -0.462 e. The van der Waals surface area contributed by atoms with Crippen LogP contribution < -0.4 is 0 Å². The number of unbranched alkanes of at least 4 members (excludes halogenated alkanes) is 42. The standard InChI is InChI=1S/C80H156O17P2/c1-9-73(8)59-51-43-38-39-45-53-61-78(83)91-67-76(97-79(84)62-54-46-36-30-24-20-16-12-14-18-22-27-33-41-49-57-71(4)5)69-95-99(88,89)93-65-74(81)64-92-98(86,87)94-68-75(96-80(85)63-55-47-37-31-25-28-34-42-50-58-72(6)7)66-90-77(82)60-52-44-35-29-23-19-15-11-10-13-17-21-26-32-40-48-56-70(2)3/h70-76,81H,9-69H2,1-8H3,(H,86,87)(H,88,89)/t73?,74-,75-,76-/m1/s1. The molecule has 0 saturated carbocycles. The van der Waals surface area contributed by atoms with Gasteiger partial charge in [-0.25, -0.2) is 9.13 Å². The molecule has 0 bridgehead atoms. The van der Waals surface area contributed by atoms with Gasteiger partial charge in [-0.3, -0.25) is 37.3 Å². The van der Waals surface area contributed by atoms with Gasteiger partial charge in [0.1, 0.15) is 19.3 Å². The number of carbonyl (C=O) groups is 4. The Morgan fingerprint density at radius 3 is 0.717 bits per heavy atom. The number of aliphatic hydroxyl groups excluding tert-OH is 1. The van der Waals surface area contributed by atoms with Crippen LogP contribution in [0.2, 0.25) is 0 Å². The largest absolute Gasteiger partial charge is 0.472 e. The van der Waals surface area contributed by atoms with E-state index in [1.54, 1.807) is 0 Å². The highest BCUT2D eigenvalue weighted by atomic mass is 31.2. The number of phosphoric acid groups is 2. The summed E-state index contributed by atoms with van der Waals surface area (Å²) in [5.41, 5.74) is 0. The number of phosphoric ester groups is 2. The molecule has 6 atom stereocenters. The van der Waals surface area contributed by atoms with Crippen molar-refractivity contribution in [2.24, 2.45) is 23.7 Å². The van der Waals surface area contributed by atoms with Crippen LogP contribution in [0.15, 0.2) is 0 Å². The van der Waals surface area contributed by atoms with E-state index in [4.69, 9.17) is 37.0 Å². The maximum atomic E-state index is 13.1. The first kappa shape index (κ1) is 97.1. The molecule has 0 saturated heterocycles. The molecule has 0 rings (SSSR count). The van der Waals surface area contributed by atoms with Gasteiger partial charge >= 0.3 is 39.5 Å². The van der Waals surface area contributed by atoms with E-state index in [-0.39, 0.29) is 25.7 Å². The molecule has 19 heteroatoms. The van der Waals surface area contributed by atoms with Crippen molar-refractivity contribution in [1.82, 2.24) is 0 Å². The van der Waals surface area contributed by atoms with Gasteiger partial charge in [-0.15, -0.1) is 0 Å².